The van der Waals surface area contributed by atoms with Crippen molar-refractivity contribution in [3.63, 3.8) is 0 Å². The van der Waals surface area contributed by atoms with E-state index in [1.165, 1.54) is 32.3 Å². The molecular weight excluding hydrogens is 492 g/mol. The van der Waals surface area contributed by atoms with Crippen LogP contribution in [0.25, 0.3) is 43.1 Å². The maximum Gasteiger partial charge on any atom is 0.143 e. The molecule has 0 bridgehead atoms. The first-order chi connectivity index (χ1) is 16.1. The predicted octanol–water partition coefficient (Wildman–Crippen LogP) is 8.37. The number of para-hydroxylation sites is 1. The van der Waals surface area contributed by atoms with Gasteiger partial charge in [0.05, 0.1) is 5.39 Å². The van der Waals surface area contributed by atoms with Gasteiger partial charge in [0.25, 0.3) is 0 Å². The van der Waals surface area contributed by atoms with E-state index in [0.717, 1.165) is 43.7 Å². The maximum absolute atomic E-state index is 4.63. The molecule has 0 unspecified atom stereocenters. The Hall–Kier alpha value is -3.22. The predicted molar refractivity (Wildman–Crippen MR) is 144 cm³/mol. The summed E-state index contributed by atoms with van der Waals surface area (Å²) in [7, 11) is 0. The number of aromatic nitrogens is 3. The van der Waals surface area contributed by atoms with Gasteiger partial charge in [-0.25, -0.2) is 9.97 Å². The first-order valence-electron chi connectivity index (χ1n) is 10.9. The van der Waals surface area contributed by atoms with E-state index in [2.05, 4.69) is 111 Å². The van der Waals surface area contributed by atoms with Crippen LogP contribution in [0.3, 0.4) is 0 Å². The van der Waals surface area contributed by atoms with Gasteiger partial charge in [-0.05, 0) is 48.7 Å². The Balaban J connectivity index is 1.48. The molecule has 0 aliphatic heterocycles. The van der Waals surface area contributed by atoms with E-state index < -0.39 is 0 Å². The molecule has 0 aliphatic rings. The van der Waals surface area contributed by atoms with Gasteiger partial charge in [0, 0.05) is 42.4 Å². The molecule has 6 heteroatoms. The summed E-state index contributed by atoms with van der Waals surface area (Å²) in [6.07, 6.45) is 2.64. The second-order valence-electron chi connectivity index (χ2n) is 8.15. The third-order valence-corrected chi connectivity index (χ3v) is 7.70. The van der Waals surface area contributed by atoms with Crippen LogP contribution in [0.5, 0.6) is 0 Å². The summed E-state index contributed by atoms with van der Waals surface area (Å²) >= 11 is 5.24. The fourth-order valence-corrected chi connectivity index (χ4v) is 5.88. The van der Waals surface area contributed by atoms with Crippen LogP contribution >= 0.6 is 27.3 Å². The van der Waals surface area contributed by atoms with E-state index in [1.807, 2.05) is 0 Å². The third-order valence-electron chi connectivity index (χ3n) is 6.16. The summed E-state index contributed by atoms with van der Waals surface area (Å²) in [5.74, 6) is 0.826. The topological polar surface area (TPSA) is 53.6 Å². The Kier molecular flexibility index (Phi) is 4.93. The van der Waals surface area contributed by atoms with Crippen LogP contribution in [0.1, 0.15) is 17.4 Å². The Morgan fingerprint density at radius 2 is 1.85 bits per heavy atom. The van der Waals surface area contributed by atoms with Gasteiger partial charge in [-0.2, -0.15) is 0 Å². The van der Waals surface area contributed by atoms with Crippen LogP contribution in [0.2, 0.25) is 0 Å². The molecule has 0 aliphatic carbocycles. The van der Waals surface area contributed by atoms with Crippen molar-refractivity contribution in [1.82, 2.24) is 15.0 Å². The number of halogens is 1. The average molecular weight is 513 g/mol. The van der Waals surface area contributed by atoms with Crippen molar-refractivity contribution in [2.45, 2.75) is 20.3 Å². The molecule has 0 atom stereocenters. The second-order valence-corrected chi connectivity index (χ2v) is 10.3. The molecule has 4 nitrogen and oxygen atoms in total. The van der Waals surface area contributed by atoms with Gasteiger partial charge in [0.15, 0.2) is 0 Å². The van der Waals surface area contributed by atoms with E-state index >= 15 is 0 Å². The van der Waals surface area contributed by atoms with Crippen LogP contribution in [-0.4, -0.2) is 15.0 Å². The number of nitrogens with zero attached hydrogens (tertiary/aromatic N) is 2. The number of rotatable bonds is 4. The quantitative estimate of drug-likeness (QED) is 0.249. The number of aromatic amines is 1. The lowest BCUT2D eigenvalue weighted by atomic mass is 10.0. The lowest BCUT2D eigenvalue weighted by molar-refractivity contribution is 1.15. The van der Waals surface area contributed by atoms with Crippen LogP contribution in [0.15, 0.2) is 71.5 Å². The molecule has 33 heavy (non-hydrogen) atoms. The van der Waals surface area contributed by atoms with Gasteiger partial charge >= 0.3 is 0 Å². The first-order valence-corrected chi connectivity index (χ1v) is 12.5. The number of benzene rings is 3. The van der Waals surface area contributed by atoms with Crippen LogP contribution in [0.4, 0.5) is 11.5 Å². The molecule has 0 saturated carbocycles. The fraction of sp³-hybridized carbons (Fsp3) is 0.111. The van der Waals surface area contributed by atoms with Crippen LogP contribution in [0, 0.1) is 6.92 Å². The number of anilines is 2. The Bertz CT molecular complexity index is 1650. The van der Waals surface area contributed by atoms with Gasteiger partial charge in [-0.1, -0.05) is 59.3 Å². The number of nitrogens with one attached hydrogen (secondary N) is 2. The van der Waals surface area contributed by atoms with Crippen molar-refractivity contribution >= 4 is 70.8 Å². The van der Waals surface area contributed by atoms with E-state index in [0.29, 0.717) is 0 Å². The number of hydrogen-bond donors (Lipinski definition) is 2. The summed E-state index contributed by atoms with van der Waals surface area (Å²) in [5.41, 5.74) is 7.03. The lowest BCUT2D eigenvalue weighted by Gasteiger charge is -2.09. The summed E-state index contributed by atoms with van der Waals surface area (Å²) in [6, 6.07) is 21.4. The number of fused-ring (bicyclic) bond motifs is 4. The van der Waals surface area contributed by atoms with E-state index in [4.69, 9.17) is 0 Å². The highest BCUT2D eigenvalue weighted by Gasteiger charge is 2.17. The highest BCUT2D eigenvalue weighted by atomic mass is 79.9. The molecule has 0 radical (unpaired) electrons. The smallest absolute Gasteiger partial charge is 0.143 e. The summed E-state index contributed by atoms with van der Waals surface area (Å²) in [6.45, 7) is 4.34. The van der Waals surface area contributed by atoms with Crippen molar-refractivity contribution in [3.8, 4) is 11.1 Å². The molecule has 6 aromatic rings. The average Bonchev–Trinajstić information content (AvgIpc) is 3.36. The van der Waals surface area contributed by atoms with Crippen molar-refractivity contribution in [1.29, 1.82) is 0 Å². The van der Waals surface area contributed by atoms with Crippen LogP contribution in [-0.2, 0) is 6.42 Å². The number of aryl methyl sites for hydroxylation is 2. The molecule has 2 N–H and O–H groups in total. The monoisotopic (exact) mass is 512 g/mol. The molecule has 0 saturated heterocycles. The summed E-state index contributed by atoms with van der Waals surface area (Å²) < 4.78 is 1.07. The number of thiophene rings is 1. The van der Waals surface area contributed by atoms with E-state index in [1.54, 1.807) is 17.7 Å². The summed E-state index contributed by atoms with van der Waals surface area (Å²) in [4.78, 5) is 15.0. The van der Waals surface area contributed by atoms with Crippen LogP contribution < -0.4 is 5.32 Å². The molecule has 3 heterocycles. The Labute approximate surface area is 203 Å². The molecule has 3 aromatic carbocycles. The molecule has 0 fully saturated rings. The summed E-state index contributed by atoms with van der Waals surface area (Å²) in [5, 5.41) is 7.14. The minimum absolute atomic E-state index is 0.826. The number of hydrogen-bond acceptors (Lipinski definition) is 4. The zero-order valence-corrected chi connectivity index (χ0v) is 20.6. The Morgan fingerprint density at radius 1 is 1.00 bits per heavy atom. The van der Waals surface area contributed by atoms with Gasteiger partial charge in [0.1, 0.15) is 17.0 Å². The second kappa shape index (κ2) is 7.97. The zero-order chi connectivity index (χ0) is 22.5. The minimum atomic E-state index is 0.826. The van der Waals surface area contributed by atoms with Crippen molar-refractivity contribution in [3.05, 3.63) is 81.9 Å². The third kappa shape index (κ3) is 3.41. The standard InChI is InChI=1S/C27H21BrN4S/c1-3-16-5-4-6-21-20-12-11-19(13-22(20)32-25(16)21)31-26-24-23(17-7-9-18(28)10-8-17)15(2)33-27(24)30-14-29-26/h4-14,32H,3H2,1-2H3,(H,29,30,31). The molecule has 0 amide bonds. The molecular formula is C27H21BrN4S. The van der Waals surface area contributed by atoms with E-state index in [-0.39, 0.29) is 0 Å². The molecule has 0 spiro atoms. The first kappa shape index (κ1) is 20.4. The highest BCUT2D eigenvalue weighted by molar-refractivity contribution is 9.10. The molecule has 162 valence electrons. The zero-order valence-electron chi connectivity index (χ0n) is 18.2. The lowest BCUT2D eigenvalue weighted by Crippen LogP contribution is -1.95. The number of H-pyrrole nitrogens is 1. The van der Waals surface area contributed by atoms with Crippen molar-refractivity contribution in [2.24, 2.45) is 0 Å². The highest BCUT2D eigenvalue weighted by Crippen LogP contribution is 2.41. The van der Waals surface area contributed by atoms with Gasteiger partial charge in [-0.15, -0.1) is 11.3 Å². The minimum Gasteiger partial charge on any atom is -0.354 e. The van der Waals surface area contributed by atoms with Gasteiger partial charge in [-0.3, -0.25) is 0 Å². The normalized spacial score (nSPS) is 11.6. The SMILES string of the molecule is CCc1cccc2c1[nH]c1cc(Nc3ncnc4sc(C)c(-c5ccc(Br)cc5)c34)ccc12. The fourth-order valence-electron chi connectivity index (χ4n) is 4.60. The van der Waals surface area contributed by atoms with Crippen molar-refractivity contribution in [2.75, 3.05) is 5.32 Å². The largest absolute Gasteiger partial charge is 0.354 e. The molecule has 3 aromatic heterocycles. The van der Waals surface area contributed by atoms with Gasteiger partial charge in [0.2, 0.25) is 0 Å². The Morgan fingerprint density at radius 3 is 2.67 bits per heavy atom. The maximum atomic E-state index is 4.63. The van der Waals surface area contributed by atoms with Gasteiger partial charge < -0.3 is 10.3 Å². The molecule has 6 rings (SSSR count). The van der Waals surface area contributed by atoms with E-state index in [9.17, 15) is 0 Å². The van der Waals surface area contributed by atoms with Crippen molar-refractivity contribution < 1.29 is 0 Å².